The van der Waals surface area contributed by atoms with E-state index >= 15 is 0 Å². The van der Waals surface area contributed by atoms with E-state index in [1.807, 2.05) is 0 Å². The van der Waals surface area contributed by atoms with Crippen LogP contribution in [-0.4, -0.2) is 16.9 Å². The highest BCUT2D eigenvalue weighted by molar-refractivity contribution is 6.32. The number of nitrogens with zero attached hydrogens (tertiary/aromatic N) is 1. The molecular formula is C14H16ClF3N2O. The summed E-state index contributed by atoms with van der Waals surface area (Å²) in [4.78, 5) is 15.3. The van der Waals surface area contributed by atoms with Gasteiger partial charge in [0.25, 0.3) is 5.91 Å². The van der Waals surface area contributed by atoms with Crippen LogP contribution in [0.15, 0.2) is 12.1 Å². The van der Waals surface area contributed by atoms with Gasteiger partial charge in [-0.25, -0.2) is 4.98 Å². The Hall–Kier alpha value is -1.30. The molecule has 116 valence electrons. The van der Waals surface area contributed by atoms with E-state index in [9.17, 15) is 18.0 Å². The largest absolute Gasteiger partial charge is 0.433 e. The van der Waals surface area contributed by atoms with E-state index in [0.29, 0.717) is 5.92 Å². The van der Waals surface area contributed by atoms with Crippen LogP contribution in [0.5, 0.6) is 0 Å². The predicted octanol–water partition coefficient (Wildman–Crippen LogP) is 4.06. The summed E-state index contributed by atoms with van der Waals surface area (Å²) in [7, 11) is 0. The van der Waals surface area contributed by atoms with Gasteiger partial charge in [0.1, 0.15) is 10.8 Å². The van der Waals surface area contributed by atoms with E-state index in [-0.39, 0.29) is 11.6 Å². The molecule has 0 aliphatic heterocycles. The van der Waals surface area contributed by atoms with Crippen molar-refractivity contribution in [3.63, 3.8) is 0 Å². The van der Waals surface area contributed by atoms with Crippen LogP contribution in [0.2, 0.25) is 5.15 Å². The van der Waals surface area contributed by atoms with Crippen LogP contribution < -0.4 is 5.32 Å². The number of pyridine rings is 1. The Balaban J connectivity index is 2.09. The van der Waals surface area contributed by atoms with Gasteiger partial charge in [0, 0.05) is 6.04 Å². The SMILES string of the molecule is C[C@H]1CCC[C@@H](NC(=O)c2ccc(C(F)(F)F)nc2Cl)C1. The Morgan fingerprint density at radius 3 is 2.67 bits per heavy atom. The summed E-state index contributed by atoms with van der Waals surface area (Å²) in [6, 6.07) is 1.88. The first-order valence-electron chi connectivity index (χ1n) is 6.82. The van der Waals surface area contributed by atoms with Crippen molar-refractivity contribution in [2.24, 2.45) is 5.92 Å². The second kappa shape index (κ2) is 6.22. The second-order valence-electron chi connectivity index (χ2n) is 5.47. The zero-order valence-electron chi connectivity index (χ0n) is 11.5. The van der Waals surface area contributed by atoms with Gasteiger partial charge in [-0.15, -0.1) is 0 Å². The fraction of sp³-hybridized carbons (Fsp3) is 0.571. The van der Waals surface area contributed by atoms with E-state index in [1.54, 1.807) is 0 Å². The lowest BCUT2D eigenvalue weighted by Gasteiger charge is -2.27. The standard InChI is InChI=1S/C14H16ClF3N2O/c1-8-3-2-4-9(7-8)19-13(21)10-5-6-11(14(16,17)18)20-12(10)15/h5-6,8-9H,2-4,7H2,1H3,(H,19,21)/t8-,9+/m0/s1. The van der Waals surface area contributed by atoms with Gasteiger partial charge in [-0.1, -0.05) is 31.4 Å². The smallest absolute Gasteiger partial charge is 0.349 e. The third-order valence-corrected chi connectivity index (χ3v) is 3.94. The lowest BCUT2D eigenvalue weighted by Crippen LogP contribution is -2.38. The average Bonchev–Trinajstić information content (AvgIpc) is 2.37. The summed E-state index contributed by atoms with van der Waals surface area (Å²) in [6.07, 6.45) is -0.656. The number of carbonyl (C=O) groups excluding carboxylic acids is 1. The molecule has 1 aliphatic rings. The van der Waals surface area contributed by atoms with Crippen molar-refractivity contribution in [1.29, 1.82) is 0 Å². The van der Waals surface area contributed by atoms with Crippen molar-refractivity contribution in [1.82, 2.24) is 10.3 Å². The van der Waals surface area contributed by atoms with Crippen molar-refractivity contribution >= 4 is 17.5 Å². The zero-order chi connectivity index (χ0) is 15.6. The molecule has 7 heteroatoms. The van der Waals surface area contributed by atoms with Gasteiger partial charge in [-0.05, 0) is 30.9 Å². The maximum absolute atomic E-state index is 12.5. The molecule has 2 atom stereocenters. The van der Waals surface area contributed by atoms with Gasteiger partial charge < -0.3 is 5.32 Å². The summed E-state index contributed by atoms with van der Waals surface area (Å²) in [6.45, 7) is 2.12. The first-order chi connectivity index (χ1) is 9.77. The van der Waals surface area contributed by atoms with Crippen molar-refractivity contribution in [2.75, 3.05) is 0 Å². The number of hydrogen-bond donors (Lipinski definition) is 1. The third kappa shape index (κ3) is 4.09. The summed E-state index contributed by atoms with van der Waals surface area (Å²) in [5.74, 6) is 0.0607. The Bertz CT molecular complexity index is 533. The molecule has 1 heterocycles. The van der Waals surface area contributed by atoms with Crippen LogP contribution in [-0.2, 0) is 6.18 Å². The fourth-order valence-electron chi connectivity index (χ4n) is 2.59. The normalized spacial score (nSPS) is 22.9. The molecular weight excluding hydrogens is 305 g/mol. The number of amides is 1. The number of alkyl halides is 3. The van der Waals surface area contributed by atoms with Gasteiger partial charge in [0.05, 0.1) is 5.56 Å². The monoisotopic (exact) mass is 320 g/mol. The Morgan fingerprint density at radius 2 is 2.10 bits per heavy atom. The highest BCUT2D eigenvalue weighted by Gasteiger charge is 2.33. The van der Waals surface area contributed by atoms with Gasteiger partial charge in [-0.2, -0.15) is 13.2 Å². The molecule has 2 rings (SSSR count). The molecule has 0 unspecified atom stereocenters. The molecule has 1 aromatic heterocycles. The quantitative estimate of drug-likeness (QED) is 0.835. The van der Waals surface area contributed by atoms with E-state index in [0.717, 1.165) is 37.8 Å². The van der Waals surface area contributed by atoms with Gasteiger partial charge in [0.15, 0.2) is 0 Å². The highest BCUT2D eigenvalue weighted by atomic mass is 35.5. The molecule has 1 fully saturated rings. The fourth-order valence-corrected chi connectivity index (χ4v) is 2.83. The molecule has 21 heavy (non-hydrogen) atoms. The first-order valence-corrected chi connectivity index (χ1v) is 7.19. The molecule has 3 nitrogen and oxygen atoms in total. The number of halogens is 4. The summed E-state index contributed by atoms with van der Waals surface area (Å²) in [5, 5.41) is 2.40. The lowest BCUT2D eigenvalue weighted by molar-refractivity contribution is -0.141. The van der Waals surface area contributed by atoms with Crippen molar-refractivity contribution in [2.45, 2.75) is 44.8 Å². The minimum absolute atomic E-state index is 0.0251. The number of carbonyl (C=O) groups is 1. The lowest BCUT2D eigenvalue weighted by atomic mass is 9.87. The molecule has 1 saturated carbocycles. The first kappa shape index (κ1) is 16.1. The number of nitrogens with one attached hydrogen (secondary N) is 1. The maximum atomic E-state index is 12.5. The molecule has 1 N–H and O–H groups in total. The van der Waals surface area contributed by atoms with Crippen LogP contribution in [0.4, 0.5) is 13.2 Å². The number of aromatic nitrogens is 1. The molecule has 1 aromatic rings. The molecule has 0 radical (unpaired) electrons. The van der Waals surface area contributed by atoms with Crippen LogP contribution in [0.25, 0.3) is 0 Å². The summed E-state index contributed by atoms with van der Waals surface area (Å²) >= 11 is 5.70. The van der Waals surface area contributed by atoms with E-state index in [2.05, 4.69) is 17.2 Å². The number of hydrogen-bond acceptors (Lipinski definition) is 2. The van der Waals surface area contributed by atoms with Crippen molar-refractivity contribution in [3.8, 4) is 0 Å². The minimum Gasteiger partial charge on any atom is -0.349 e. The van der Waals surface area contributed by atoms with Crippen LogP contribution >= 0.6 is 11.6 Å². The molecule has 1 amide bonds. The molecule has 0 bridgehead atoms. The van der Waals surface area contributed by atoms with Crippen molar-refractivity contribution in [3.05, 3.63) is 28.5 Å². The Labute approximate surface area is 125 Å². The van der Waals surface area contributed by atoms with E-state index in [1.165, 1.54) is 0 Å². The van der Waals surface area contributed by atoms with Crippen LogP contribution in [0, 0.1) is 5.92 Å². The molecule has 1 aliphatic carbocycles. The topological polar surface area (TPSA) is 42.0 Å². The Morgan fingerprint density at radius 1 is 1.38 bits per heavy atom. The Kier molecular flexibility index (Phi) is 4.76. The highest BCUT2D eigenvalue weighted by Crippen LogP contribution is 2.29. The molecule has 0 spiro atoms. The molecule has 0 saturated heterocycles. The molecule has 0 aromatic carbocycles. The van der Waals surface area contributed by atoms with Gasteiger partial charge in [-0.3, -0.25) is 4.79 Å². The second-order valence-corrected chi connectivity index (χ2v) is 5.83. The average molecular weight is 321 g/mol. The maximum Gasteiger partial charge on any atom is 0.433 e. The zero-order valence-corrected chi connectivity index (χ0v) is 12.3. The third-order valence-electron chi connectivity index (χ3n) is 3.66. The minimum atomic E-state index is -4.57. The summed E-state index contributed by atoms with van der Waals surface area (Å²) in [5.41, 5.74) is -1.13. The van der Waals surface area contributed by atoms with E-state index < -0.39 is 22.9 Å². The number of rotatable bonds is 2. The van der Waals surface area contributed by atoms with Gasteiger partial charge >= 0.3 is 6.18 Å². The van der Waals surface area contributed by atoms with Crippen molar-refractivity contribution < 1.29 is 18.0 Å². The van der Waals surface area contributed by atoms with Crippen LogP contribution in [0.3, 0.4) is 0 Å². The summed E-state index contributed by atoms with van der Waals surface area (Å²) < 4.78 is 37.5. The van der Waals surface area contributed by atoms with Crippen LogP contribution in [0.1, 0.15) is 48.7 Å². The van der Waals surface area contributed by atoms with E-state index in [4.69, 9.17) is 11.6 Å². The predicted molar refractivity (Wildman–Crippen MR) is 73.1 cm³/mol. The van der Waals surface area contributed by atoms with Gasteiger partial charge in [0.2, 0.25) is 0 Å².